The van der Waals surface area contributed by atoms with Crippen LogP contribution in [0.3, 0.4) is 0 Å². The van der Waals surface area contributed by atoms with Gasteiger partial charge in [0.15, 0.2) is 0 Å². The number of nitrogens with zero attached hydrogens (tertiary/aromatic N) is 1. The van der Waals surface area contributed by atoms with Gasteiger partial charge in [-0.3, -0.25) is 9.69 Å². The summed E-state index contributed by atoms with van der Waals surface area (Å²) in [5.74, 6) is -0.688. The van der Waals surface area contributed by atoms with Crippen molar-refractivity contribution in [3.05, 3.63) is 33.8 Å². The van der Waals surface area contributed by atoms with E-state index in [1.165, 1.54) is 0 Å². The molecule has 2 atom stereocenters. The van der Waals surface area contributed by atoms with Gasteiger partial charge in [-0.05, 0) is 37.4 Å². The Labute approximate surface area is 140 Å². The van der Waals surface area contributed by atoms with E-state index in [4.69, 9.17) is 23.2 Å². The standard InChI is InChI=1S/C16H20Cl2N2O2/c17-12-4-1-3-11(14(12)18)9-20-8-5-13-16(10-20,15(21)22)6-2-7-19-13/h1,3-4,13,19H,2,5-10H2,(H,21,22)/t13-,16+/m1/s1. The molecule has 0 aromatic heterocycles. The number of rotatable bonds is 3. The highest BCUT2D eigenvalue weighted by molar-refractivity contribution is 6.42. The number of likely N-dealkylation sites (tertiary alicyclic amines) is 1. The maximum Gasteiger partial charge on any atom is 0.312 e. The summed E-state index contributed by atoms with van der Waals surface area (Å²) in [4.78, 5) is 14.1. The molecule has 0 spiro atoms. The summed E-state index contributed by atoms with van der Waals surface area (Å²) in [5, 5.41) is 14.3. The zero-order valence-corrected chi connectivity index (χ0v) is 13.8. The van der Waals surface area contributed by atoms with Crippen molar-refractivity contribution in [1.29, 1.82) is 0 Å². The minimum atomic E-state index is -0.688. The normalized spacial score (nSPS) is 29.1. The number of benzene rings is 1. The van der Waals surface area contributed by atoms with Crippen molar-refractivity contribution < 1.29 is 9.90 Å². The highest BCUT2D eigenvalue weighted by Crippen LogP contribution is 2.38. The van der Waals surface area contributed by atoms with Crippen LogP contribution in [0.4, 0.5) is 0 Å². The first-order chi connectivity index (χ1) is 10.5. The summed E-state index contributed by atoms with van der Waals surface area (Å²) in [6.45, 7) is 2.99. The molecule has 6 heteroatoms. The van der Waals surface area contributed by atoms with Crippen LogP contribution in [-0.2, 0) is 11.3 Å². The van der Waals surface area contributed by atoms with E-state index in [0.717, 1.165) is 37.9 Å². The van der Waals surface area contributed by atoms with Crippen LogP contribution < -0.4 is 5.32 Å². The van der Waals surface area contributed by atoms with Crippen molar-refractivity contribution in [2.75, 3.05) is 19.6 Å². The van der Waals surface area contributed by atoms with E-state index in [2.05, 4.69) is 10.2 Å². The summed E-state index contributed by atoms with van der Waals surface area (Å²) in [7, 11) is 0. The van der Waals surface area contributed by atoms with Crippen LogP contribution in [0.5, 0.6) is 0 Å². The van der Waals surface area contributed by atoms with Gasteiger partial charge in [0.1, 0.15) is 0 Å². The first-order valence-corrected chi connectivity index (χ1v) is 8.40. The molecule has 0 aliphatic carbocycles. The monoisotopic (exact) mass is 342 g/mol. The predicted octanol–water partition coefficient (Wildman–Crippen LogP) is 3.02. The number of fused-ring (bicyclic) bond motifs is 1. The molecule has 3 rings (SSSR count). The smallest absolute Gasteiger partial charge is 0.312 e. The minimum Gasteiger partial charge on any atom is -0.481 e. The Bertz CT molecular complexity index is 581. The Kier molecular flexibility index (Phi) is 4.64. The van der Waals surface area contributed by atoms with Gasteiger partial charge in [-0.15, -0.1) is 0 Å². The molecule has 1 aromatic rings. The lowest BCUT2D eigenvalue weighted by molar-refractivity contribution is -0.157. The molecule has 120 valence electrons. The molecule has 0 saturated carbocycles. The molecule has 2 aliphatic rings. The molecule has 2 heterocycles. The number of hydrogen-bond acceptors (Lipinski definition) is 3. The van der Waals surface area contributed by atoms with Crippen LogP contribution in [0.1, 0.15) is 24.8 Å². The lowest BCUT2D eigenvalue weighted by Crippen LogP contribution is -2.62. The highest BCUT2D eigenvalue weighted by Gasteiger charge is 2.50. The molecular weight excluding hydrogens is 323 g/mol. The van der Waals surface area contributed by atoms with Crippen LogP contribution in [0.2, 0.25) is 10.0 Å². The highest BCUT2D eigenvalue weighted by atomic mass is 35.5. The third kappa shape index (κ3) is 2.85. The van der Waals surface area contributed by atoms with Crippen LogP contribution >= 0.6 is 23.2 Å². The number of carboxylic acid groups (broad SMARTS) is 1. The third-order valence-corrected chi connectivity index (χ3v) is 5.81. The quantitative estimate of drug-likeness (QED) is 0.886. The Morgan fingerprint density at radius 3 is 3.05 bits per heavy atom. The number of aliphatic carboxylic acids is 1. The molecule has 0 amide bonds. The van der Waals surface area contributed by atoms with Crippen molar-refractivity contribution in [1.82, 2.24) is 10.2 Å². The van der Waals surface area contributed by atoms with Crippen molar-refractivity contribution in [2.45, 2.75) is 31.8 Å². The third-order valence-electron chi connectivity index (χ3n) is 4.95. The molecular formula is C16H20Cl2N2O2. The number of piperidine rings is 2. The number of carboxylic acids is 1. The lowest BCUT2D eigenvalue weighted by atomic mass is 9.70. The maximum absolute atomic E-state index is 11.9. The molecule has 2 fully saturated rings. The van der Waals surface area contributed by atoms with Crippen LogP contribution in [0.25, 0.3) is 0 Å². The summed E-state index contributed by atoms with van der Waals surface area (Å²) < 4.78 is 0. The second-order valence-corrected chi connectivity index (χ2v) is 7.07. The van der Waals surface area contributed by atoms with Crippen molar-refractivity contribution in [2.24, 2.45) is 5.41 Å². The van der Waals surface area contributed by atoms with Gasteiger partial charge >= 0.3 is 5.97 Å². The zero-order chi connectivity index (χ0) is 15.7. The first kappa shape index (κ1) is 16.1. The SMILES string of the molecule is O=C(O)[C@]12CCCN[C@@H]1CCN(Cc1cccc(Cl)c1Cl)C2. The van der Waals surface area contributed by atoms with Crippen molar-refractivity contribution in [3.63, 3.8) is 0 Å². The fourth-order valence-corrected chi connectivity index (χ4v) is 4.16. The molecule has 0 bridgehead atoms. The van der Waals surface area contributed by atoms with Gasteiger partial charge in [-0.25, -0.2) is 0 Å². The fraction of sp³-hybridized carbons (Fsp3) is 0.562. The van der Waals surface area contributed by atoms with E-state index in [1.807, 2.05) is 12.1 Å². The molecule has 2 aliphatic heterocycles. The molecule has 2 saturated heterocycles. The average Bonchev–Trinajstić information content (AvgIpc) is 2.51. The molecule has 1 aromatic carbocycles. The molecule has 4 nitrogen and oxygen atoms in total. The number of carbonyl (C=O) groups is 1. The fourth-order valence-electron chi connectivity index (χ4n) is 3.78. The van der Waals surface area contributed by atoms with Gasteiger partial charge < -0.3 is 10.4 Å². The Balaban J connectivity index is 1.79. The first-order valence-electron chi connectivity index (χ1n) is 7.65. The van der Waals surface area contributed by atoms with E-state index in [0.29, 0.717) is 23.1 Å². The second-order valence-electron chi connectivity index (χ2n) is 6.28. The van der Waals surface area contributed by atoms with Gasteiger partial charge in [0.2, 0.25) is 0 Å². The maximum atomic E-state index is 11.9. The zero-order valence-electron chi connectivity index (χ0n) is 12.3. The Morgan fingerprint density at radius 2 is 2.27 bits per heavy atom. The van der Waals surface area contributed by atoms with E-state index >= 15 is 0 Å². The van der Waals surface area contributed by atoms with Crippen molar-refractivity contribution in [3.8, 4) is 0 Å². The van der Waals surface area contributed by atoms with Gasteiger partial charge in [-0.2, -0.15) is 0 Å². The molecule has 2 N–H and O–H groups in total. The predicted molar refractivity (Wildman–Crippen MR) is 87.4 cm³/mol. The van der Waals surface area contributed by atoms with Crippen LogP contribution in [0, 0.1) is 5.41 Å². The molecule has 22 heavy (non-hydrogen) atoms. The van der Waals surface area contributed by atoms with Gasteiger partial charge in [0, 0.05) is 25.7 Å². The minimum absolute atomic E-state index is 0.0739. The summed E-state index contributed by atoms with van der Waals surface area (Å²) in [6, 6.07) is 5.67. The van der Waals surface area contributed by atoms with E-state index in [9.17, 15) is 9.90 Å². The number of hydrogen-bond donors (Lipinski definition) is 2. The Morgan fingerprint density at radius 1 is 1.45 bits per heavy atom. The van der Waals surface area contributed by atoms with Crippen LogP contribution in [0.15, 0.2) is 18.2 Å². The van der Waals surface area contributed by atoms with Gasteiger partial charge in [0.25, 0.3) is 0 Å². The summed E-state index contributed by atoms with van der Waals surface area (Å²) in [5.41, 5.74) is 0.276. The average molecular weight is 343 g/mol. The molecule has 0 unspecified atom stereocenters. The van der Waals surface area contributed by atoms with Crippen LogP contribution in [-0.4, -0.2) is 41.7 Å². The van der Waals surface area contributed by atoms with Gasteiger partial charge in [0.05, 0.1) is 15.5 Å². The number of nitrogens with one attached hydrogen (secondary N) is 1. The second kappa shape index (κ2) is 6.36. The van der Waals surface area contributed by atoms with E-state index in [1.54, 1.807) is 6.07 Å². The lowest BCUT2D eigenvalue weighted by Gasteiger charge is -2.48. The summed E-state index contributed by atoms with van der Waals surface area (Å²) in [6.07, 6.45) is 2.50. The van der Waals surface area contributed by atoms with E-state index in [-0.39, 0.29) is 6.04 Å². The summed E-state index contributed by atoms with van der Waals surface area (Å²) >= 11 is 12.3. The largest absolute Gasteiger partial charge is 0.481 e. The van der Waals surface area contributed by atoms with Gasteiger partial charge in [-0.1, -0.05) is 35.3 Å². The van der Waals surface area contributed by atoms with Crippen molar-refractivity contribution >= 4 is 29.2 Å². The topological polar surface area (TPSA) is 52.6 Å². The number of halogens is 2. The Hall–Kier alpha value is -0.810. The van der Waals surface area contributed by atoms with E-state index < -0.39 is 11.4 Å². The molecule has 0 radical (unpaired) electrons.